The molecule has 1 saturated carbocycles. The second kappa shape index (κ2) is 7.30. The molecular weight excluding hydrogens is 325 g/mol. The van der Waals surface area contributed by atoms with Crippen LogP contribution in [0.3, 0.4) is 0 Å². The van der Waals surface area contributed by atoms with Crippen LogP contribution in [0.1, 0.15) is 40.3 Å². The fraction of sp³-hybridized carbons (Fsp3) is 0.444. The SMILES string of the molecule is Cc1csc(CCNc2ccc(C(=O)NCC3(F)CCC3)cc2)n1. The second-order valence-electron chi connectivity index (χ2n) is 6.32. The number of benzene rings is 1. The van der Waals surface area contributed by atoms with Crippen LogP contribution in [0.15, 0.2) is 29.6 Å². The summed E-state index contributed by atoms with van der Waals surface area (Å²) in [5.74, 6) is -0.219. The van der Waals surface area contributed by atoms with Crippen LogP contribution < -0.4 is 10.6 Å². The van der Waals surface area contributed by atoms with Crippen molar-refractivity contribution in [3.63, 3.8) is 0 Å². The minimum atomic E-state index is -1.19. The smallest absolute Gasteiger partial charge is 0.251 e. The molecule has 1 amide bonds. The van der Waals surface area contributed by atoms with E-state index in [0.29, 0.717) is 18.4 Å². The topological polar surface area (TPSA) is 54.0 Å². The van der Waals surface area contributed by atoms with E-state index in [0.717, 1.165) is 35.8 Å². The zero-order valence-corrected chi connectivity index (χ0v) is 14.6. The number of carbonyl (C=O) groups is 1. The molecule has 3 rings (SSSR count). The van der Waals surface area contributed by atoms with Gasteiger partial charge < -0.3 is 10.6 Å². The molecular formula is C18H22FN3OS. The molecule has 128 valence electrons. The van der Waals surface area contributed by atoms with Gasteiger partial charge in [-0.25, -0.2) is 9.37 Å². The first-order valence-electron chi connectivity index (χ1n) is 8.26. The summed E-state index contributed by atoms with van der Waals surface area (Å²) in [6.45, 7) is 2.90. The maximum Gasteiger partial charge on any atom is 0.251 e. The number of hydrogen-bond donors (Lipinski definition) is 2. The standard InChI is InChI=1S/C18H22FN3OS/c1-13-11-24-16(22-13)7-10-20-15-5-3-14(4-6-15)17(23)21-12-18(19)8-2-9-18/h3-6,11,20H,2,7-10,12H2,1H3,(H,21,23). The van der Waals surface area contributed by atoms with Crippen molar-refractivity contribution >= 4 is 22.9 Å². The van der Waals surface area contributed by atoms with E-state index >= 15 is 0 Å². The number of rotatable bonds is 7. The Bertz CT molecular complexity index is 695. The summed E-state index contributed by atoms with van der Waals surface area (Å²) in [6.07, 6.45) is 2.89. The molecule has 1 aliphatic rings. The van der Waals surface area contributed by atoms with Crippen molar-refractivity contribution < 1.29 is 9.18 Å². The minimum Gasteiger partial charge on any atom is -0.385 e. The Morgan fingerprint density at radius 3 is 2.67 bits per heavy atom. The van der Waals surface area contributed by atoms with E-state index in [-0.39, 0.29) is 12.5 Å². The van der Waals surface area contributed by atoms with Crippen molar-refractivity contribution in [3.05, 3.63) is 45.9 Å². The first-order chi connectivity index (χ1) is 11.5. The van der Waals surface area contributed by atoms with E-state index in [1.54, 1.807) is 23.5 Å². The zero-order chi connectivity index (χ0) is 17.0. The van der Waals surface area contributed by atoms with Crippen molar-refractivity contribution in [2.45, 2.75) is 38.3 Å². The Balaban J connectivity index is 1.45. The Morgan fingerprint density at radius 2 is 2.08 bits per heavy atom. The van der Waals surface area contributed by atoms with Gasteiger partial charge >= 0.3 is 0 Å². The molecule has 2 aromatic rings. The van der Waals surface area contributed by atoms with Crippen LogP contribution in [-0.4, -0.2) is 29.6 Å². The van der Waals surface area contributed by atoms with Crippen LogP contribution in [0.25, 0.3) is 0 Å². The molecule has 24 heavy (non-hydrogen) atoms. The number of thiazole rings is 1. The first kappa shape index (κ1) is 16.9. The molecule has 0 aliphatic heterocycles. The van der Waals surface area contributed by atoms with Crippen LogP contribution in [0.5, 0.6) is 0 Å². The number of anilines is 1. The summed E-state index contributed by atoms with van der Waals surface area (Å²) >= 11 is 1.67. The maximum absolute atomic E-state index is 13.9. The van der Waals surface area contributed by atoms with Crippen molar-refractivity contribution in [1.82, 2.24) is 10.3 Å². The molecule has 1 fully saturated rings. The molecule has 1 heterocycles. The summed E-state index contributed by atoms with van der Waals surface area (Å²) in [5, 5.41) is 9.17. The Hall–Kier alpha value is -1.95. The van der Waals surface area contributed by atoms with Crippen molar-refractivity contribution in [2.24, 2.45) is 0 Å². The predicted molar refractivity (Wildman–Crippen MR) is 95.5 cm³/mol. The Labute approximate surface area is 145 Å². The molecule has 0 saturated heterocycles. The lowest BCUT2D eigenvalue weighted by molar-refractivity contribution is 0.0577. The lowest BCUT2D eigenvalue weighted by atomic mass is 9.82. The molecule has 0 unspecified atom stereocenters. The molecule has 6 heteroatoms. The average molecular weight is 347 g/mol. The van der Waals surface area contributed by atoms with Gasteiger partial charge in [0.15, 0.2) is 0 Å². The van der Waals surface area contributed by atoms with E-state index in [1.165, 1.54) is 0 Å². The highest BCUT2D eigenvalue weighted by Crippen LogP contribution is 2.34. The van der Waals surface area contributed by atoms with E-state index in [9.17, 15) is 9.18 Å². The van der Waals surface area contributed by atoms with Gasteiger partial charge in [-0.1, -0.05) is 0 Å². The Kier molecular flexibility index (Phi) is 5.14. The molecule has 1 aromatic carbocycles. The van der Waals surface area contributed by atoms with E-state index in [1.807, 2.05) is 24.4 Å². The third kappa shape index (κ3) is 4.32. The highest BCUT2D eigenvalue weighted by Gasteiger charge is 2.37. The molecule has 0 bridgehead atoms. The van der Waals surface area contributed by atoms with Gasteiger partial charge in [-0.3, -0.25) is 4.79 Å². The fourth-order valence-electron chi connectivity index (χ4n) is 2.65. The van der Waals surface area contributed by atoms with Gasteiger partial charge in [-0.15, -0.1) is 11.3 Å². The lowest BCUT2D eigenvalue weighted by Crippen LogP contribution is -2.44. The average Bonchev–Trinajstić information content (AvgIpc) is 2.97. The summed E-state index contributed by atoms with van der Waals surface area (Å²) in [6, 6.07) is 7.26. The van der Waals surface area contributed by atoms with Gasteiger partial charge in [0.25, 0.3) is 5.91 Å². The molecule has 1 aromatic heterocycles. The van der Waals surface area contributed by atoms with Crippen LogP contribution in [0, 0.1) is 6.92 Å². The summed E-state index contributed by atoms with van der Waals surface area (Å²) in [4.78, 5) is 16.5. The van der Waals surface area contributed by atoms with E-state index < -0.39 is 5.67 Å². The van der Waals surface area contributed by atoms with Gasteiger partial charge in [0, 0.05) is 35.3 Å². The number of nitrogens with zero attached hydrogens (tertiary/aromatic N) is 1. The molecule has 0 atom stereocenters. The third-order valence-electron chi connectivity index (χ3n) is 4.30. The summed E-state index contributed by atoms with van der Waals surface area (Å²) in [5.41, 5.74) is 1.38. The number of carbonyl (C=O) groups excluding carboxylic acids is 1. The number of amides is 1. The maximum atomic E-state index is 13.9. The highest BCUT2D eigenvalue weighted by atomic mass is 32.1. The molecule has 0 spiro atoms. The number of halogens is 1. The van der Waals surface area contributed by atoms with Gasteiger partial charge in [0.2, 0.25) is 0 Å². The minimum absolute atomic E-state index is 0.110. The van der Waals surface area contributed by atoms with Gasteiger partial charge in [-0.2, -0.15) is 0 Å². The molecule has 4 nitrogen and oxygen atoms in total. The summed E-state index contributed by atoms with van der Waals surface area (Å²) in [7, 11) is 0. The Morgan fingerprint density at radius 1 is 1.33 bits per heavy atom. The third-order valence-corrected chi connectivity index (χ3v) is 5.32. The molecule has 1 aliphatic carbocycles. The van der Waals surface area contributed by atoms with Crippen LogP contribution in [0.4, 0.5) is 10.1 Å². The normalized spacial score (nSPS) is 15.6. The van der Waals surface area contributed by atoms with Crippen molar-refractivity contribution in [1.29, 1.82) is 0 Å². The lowest BCUT2D eigenvalue weighted by Gasteiger charge is -2.33. The number of aryl methyl sites for hydroxylation is 1. The van der Waals surface area contributed by atoms with Gasteiger partial charge in [-0.05, 0) is 50.5 Å². The largest absolute Gasteiger partial charge is 0.385 e. The van der Waals surface area contributed by atoms with Gasteiger partial charge in [0.05, 0.1) is 11.6 Å². The zero-order valence-electron chi connectivity index (χ0n) is 13.8. The number of hydrogen-bond acceptors (Lipinski definition) is 4. The molecule has 2 N–H and O–H groups in total. The highest BCUT2D eigenvalue weighted by molar-refractivity contribution is 7.09. The number of nitrogens with one attached hydrogen (secondary N) is 2. The van der Waals surface area contributed by atoms with Crippen molar-refractivity contribution in [2.75, 3.05) is 18.4 Å². The summed E-state index contributed by atoms with van der Waals surface area (Å²) < 4.78 is 13.9. The quantitative estimate of drug-likeness (QED) is 0.802. The fourth-order valence-corrected chi connectivity index (χ4v) is 3.42. The second-order valence-corrected chi connectivity index (χ2v) is 7.27. The number of alkyl halides is 1. The van der Waals surface area contributed by atoms with Crippen LogP contribution >= 0.6 is 11.3 Å². The van der Waals surface area contributed by atoms with E-state index in [4.69, 9.17) is 0 Å². The van der Waals surface area contributed by atoms with Crippen LogP contribution in [-0.2, 0) is 6.42 Å². The number of aromatic nitrogens is 1. The first-order valence-corrected chi connectivity index (χ1v) is 9.14. The molecule has 0 radical (unpaired) electrons. The van der Waals surface area contributed by atoms with Crippen molar-refractivity contribution in [3.8, 4) is 0 Å². The monoisotopic (exact) mass is 347 g/mol. The van der Waals surface area contributed by atoms with Gasteiger partial charge in [0.1, 0.15) is 5.67 Å². The predicted octanol–water partition coefficient (Wildman–Crippen LogP) is 3.73. The van der Waals surface area contributed by atoms with E-state index in [2.05, 4.69) is 15.6 Å². The van der Waals surface area contributed by atoms with Crippen LogP contribution in [0.2, 0.25) is 0 Å².